The van der Waals surface area contributed by atoms with Gasteiger partial charge in [0.25, 0.3) is 8.32 Å². The molecule has 0 amide bonds. The summed E-state index contributed by atoms with van der Waals surface area (Å²) in [6.07, 6.45) is 3.22. The molecule has 2 aromatic heterocycles. The van der Waals surface area contributed by atoms with Crippen molar-refractivity contribution in [1.29, 1.82) is 0 Å². The van der Waals surface area contributed by atoms with Gasteiger partial charge in [-0.1, -0.05) is 93.0 Å². The Hall–Kier alpha value is -2.58. The van der Waals surface area contributed by atoms with Gasteiger partial charge in [-0.3, -0.25) is 0 Å². The van der Waals surface area contributed by atoms with Gasteiger partial charge in [0.1, 0.15) is 11.8 Å². The molecule has 0 bridgehead atoms. The maximum absolute atomic E-state index is 6.91. The average molecular weight is 480 g/mol. The second-order valence-corrected chi connectivity index (χ2v) is 13.7. The van der Waals surface area contributed by atoms with Crippen LogP contribution in [0.2, 0.25) is 10.2 Å². The first-order valence-electron chi connectivity index (χ1n) is 11.2. The molecule has 0 fully saturated rings. The molecule has 0 aliphatic carbocycles. The third-order valence-corrected chi connectivity index (χ3v) is 11.2. The topological polar surface area (TPSA) is 64.9 Å². The molecule has 2 heterocycles. The molecule has 0 saturated carbocycles. The van der Waals surface area contributed by atoms with Crippen molar-refractivity contribution >= 4 is 41.5 Å². The van der Waals surface area contributed by atoms with Crippen molar-refractivity contribution in [2.24, 2.45) is 0 Å². The molecule has 33 heavy (non-hydrogen) atoms. The molecule has 0 spiro atoms. The van der Waals surface area contributed by atoms with Crippen LogP contribution in [0.15, 0.2) is 73.3 Å². The van der Waals surface area contributed by atoms with E-state index in [2.05, 4.69) is 102 Å². The molecule has 4 aromatic rings. The Bertz CT molecular complexity index is 1140. The summed E-state index contributed by atoms with van der Waals surface area (Å²) < 4.78 is 8.89. The molecule has 2 aromatic carbocycles. The number of benzene rings is 2. The second kappa shape index (κ2) is 10.1. The minimum atomic E-state index is -2.49. The highest BCUT2D eigenvalue weighted by Gasteiger charge is 2.49. The van der Waals surface area contributed by atoms with Crippen molar-refractivity contribution < 1.29 is 4.43 Å². The van der Waals surface area contributed by atoms with Crippen LogP contribution in [-0.4, -0.2) is 47.5 Å². The van der Waals surface area contributed by atoms with Crippen molar-refractivity contribution in [2.75, 3.05) is 19.7 Å². The van der Waals surface area contributed by atoms with Crippen LogP contribution in [0.3, 0.4) is 0 Å². The highest BCUT2D eigenvalue weighted by atomic mass is 35.5. The Kier molecular flexibility index (Phi) is 7.24. The minimum Gasteiger partial charge on any atom is -0.406 e. The number of halogens is 1. The van der Waals surface area contributed by atoms with Gasteiger partial charge in [-0.25, -0.2) is 15.0 Å². The SMILES string of the molecule is CC(C)(C)[Si](OCCNCCn1cnc2c(Cl)ncnc21)(c1ccccc1)c1ccccc1. The summed E-state index contributed by atoms with van der Waals surface area (Å²) in [5.74, 6) is 0. The minimum absolute atomic E-state index is 0.0234. The summed E-state index contributed by atoms with van der Waals surface area (Å²) in [6.45, 7) is 9.79. The molecule has 0 radical (unpaired) electrons. The van der Waals surface area contributed by atoms with Crippen LogP contribution < -0.4 is 15.7 Å². The van der Waals surface area contributed by atoms with Crippen LogP contribution in [0.4, 0.5) is 0 Å². The molecular formula is C25H30ClN5OSi. The smallest absolute Gasteiger partial charge is 0.261 e. The van der Waals surface area contributed by atoms with E-state index < -0.39 is 8.32 Å². The third kappa shape index (κ3) is 4.87. The van der Waals surface area contributed by atoms with Crippen molar-refractivity contribution in [3.05, 3.63) is 78.5 Å². The molecule has 0 atom stereocenters. The normalized spacial score (nSPS) is 12.4. The molecule has 6 nitrogen and oxygen atoms in total. The second-order valence-electron chi connectivity index (χ2n) is 9.04. The van der Waals surface area contributed by atoms with Crippen LogP contribution in [0.1, 0.15) is 20.8 Å². The van der Waals surface area contributed by atoms with Gasteiger partial charge in [-0.15, -0.1) is 0 Å². The number of rotatable bonds is 9. The van der Waals surface area contributed by atoms with Gasteiger partial charge >= 0.3 is 0 Å². The van der Waals surface area contributed by atoms with Gasteiger partial charge in [0, 0.05) is 26.2 Å². The molecule has 1 N–H and O–H groups in total. The Labute approximate surface area is 201 Å². The fourth-order valence-corrected chi connectivity index (χ4v) is 9.12. The summed E-state index contributed by atoms with van der Waals surface area (Å²) in [5, 5.41) is 6.45. The predicted molar refractivity (Wildman–Crippen MR) is 137 cm³/mol. The van der Waals surface area contributed by atoms with E-state index in [4.69, 9.17) is 16.0 Å². The zero-order valence-electron chi connectivity index (χ0n) is 19.3. The number of imidazole rings is 1. The fourth-order valence-electron chi connectivity index (χ4n) is 4.38. The van der Waals surface area contributed by atoms with Gasteiger partial charge in [0.15, 0.2) is 10.8 Å². The van der Waals surface area contributed by atoms with Crippen LogP contribution in [0.25, 0.3) is 11.2 Å². The number of fused-ring (bicyclic) bond motifs is 1. The molecule has 172 valence electrons. The zero-order valence-corrected chi connectivity index (χ0v) is 21.1. The van der Waals surface area contributed by atoms with E-state index in [0.29, 0.717) is 17.3 Å². The monoisotopic (exact) mass is 479 g/mol. The summed E-state index contributed by atoms with van der Waals surface area (Å²) >= 11 is 6.10. The van der Waals surface area contributed by atoms with Crippen LogP contribution >= 0.6 is 11.6 Å². The Morgan fingerprint density at radius 2 is 1.55 bits per heavy atom. The van der Waals surface area contributed by atoms with Gasteiger partial charge < -0.3 is 14.3 Å². The van der Waals surface area contributed by atoms with Crippen molar-refractivity contribution in [2.45, 2.75) is 32.4 Å². The third-order valence-electron chi connectivity index (χ3n) is 5.90. The summed E-state index contributed by atoms with van der Waals surface area (Å²) in [4.78, 5) is 12.6. The van der Waals surface area contributed by atoms with Gasteiger partial charge in [-0.05, 0) is 15.4 Å². The first-order chi connectivity index (χ1) is 15.9. The average Bonchev–Trinajstić information content (AvgIpc) is 3.23. The maximum atomic E-state index is 6.91. The number of nitrogens with zero attached hydrogens (tertiary/aromatic N) is 4. The van der Waals surface area contributed by atoms with E-state index in [1.165, 1.54) is 16.7 Å². The lowest BCUT2D eigenvalue weighted by Crippen LogP contribution is -2.67. The molecule has 0 saturated heterocycles. The first kappa shape index (κ1) is 23.6. The van der Waals surface area contributed by atoms with E-state index in [1.54, 1.807) is 6.33 Å². The summed E-state index contributed by atoms with van der Waals surface area (Å²) in [5.41, 5.74) is 1.38. The lowest BCUT2D eigenvalue weighted by molar-refractivity contribution is 0.294. The van der Waals surface area contributed by atoms with E-state index in [-0.39, 0.29) is 5.04 Å². The van der Waals surface area contributed by atoms with Crippen LogP contribution in [0, 0.1) is 0 Å². The van der Waals surface area contributed by atoms with E-state index in [1.807, 2.05) is 4.57 Å². The molecule has 4 rings (SSSR count). The van der Waals surface area contributed by atoms with E-state index >= 15 is 0 Å². The Morgan fingerprint density at radius 1 is 0.909 bits per heavy atom. The molecule has 0 aliphatic rings. The zero-order chi connectivity index (χ0) is 23.3. The van der Waals surface area contributed by atoms with Gasteiger partial charge in [0.05, 0.1) is 6.33 Å². The lowest BCUT2D eigenvalue weighted by atomic mass is 10.2. The Morgan fingerprint density at radius 3 is 2.15 bits per heavy atom. The van der Waals surface area contributed by atoms with Gasteiger partial charge in [-0.2, -0.15) is 0 Å². The number of aromatic nitrogens is 4. The highest BCUT2D eigenvalue weighted by Crippen LogP contribution is 2.36. The summed E-state index contributed by atoms with van der Waals surface area (Å²) in [7, 11) is -2.49. The van der Waals surface area contributed by atoms with Crippen molar-refractivity contribution in [3.8, 4) is 0 Å². The number of hydrogen-bond donors (Lipinski definition) is 1. The highest BCUT2D eigenvalue weighted by molar-refractivity contribution is 6.99. The largest absolute Gasteiger partial charge is 0.406 e. The Balaban J connectivity index is 1.44. The van der Waals surface area contributed by atoms with E-state index in [9.17, 15) is 0 Å². The van der Waals surface area contributed by atoms with Gasteiger partial charge in [0.2, 0.25) is 0 Å². The molecule has 0 unspecified atom stereocenters. The van der Waals surface area contributed by atoms with Crippen molar-refractivity contribution in [3.63, 3.8) is 0 Å². The lowest BCUT2D eigenvalue weighted by Gasteiger charge is -2.43. The fraction of sp³-hybridized carbons (Fsp3) is 0.320. The van der Waals surface area contributed by atoms with E-state index in [0.717, 1.165) is 25.3 Å². The molecule has 0 aliphatic heterocycles. The predicted octanol–water partition coefficient (Wildman–Crippen LogP) is 3.65. The molecular weight excluding hydrogens is 450 g/mol. The number of nitrogens with one attached hydrogen (secondary N) is 1. The van der Waals surface area contributed by atoms with Crippen LogP contribution in [0.5, 0.6) is 0 Å². The quantitative estimate of drug-likeness (QED) is 0.225. The van der Waals surface area contributed by atoms with Crippen LogP contribution in [-0.2, 0) is 11.0 Å². The standard InChI is InChI=1S/C25H30ClN5OSi/c1-25(2,3)33(20-10-6-4-7-11-20,21-12-8-5-9-13-21)32-17-15-27-14-16-31-19-30-22-23(26)28-18-29-24(22)31/h4-13,18-19,27H,14-17H2,1-3H3. The first-order valence-corrected chi connectivity index (χ1v) is 13.5. The number of hydrogen-bond acceptors (Lipinski definition) is 5. The molecule has 8 heteroatoms. The maximum Gasteiger partial charge on any atom is 0.261 e. The van der Waals surface area contributed by atoms with Crippen molar-refractivity contribution in [1.82, 2.24) is 24.8 Å². The summed E-state index contributed by atoms with van der Waals surface area (Å²) in [6, 6.07) is 21.4.